The fraction of sp³-hybridized carbons (Fsp3) is 0.562. The van der Waals surface area contributed by atoms with E-state index in [-0.39, 0.29) is 18.3 Å². The Morgan fingerprint density at radius 2 is 2.10 bits per heavy atom. The highest BCUT2D eigenvalue weighted by molar-refractivity contribution is 5.85. The van der Waals surface area contributed by atoms with Crippen LogP contribution < -0.4 is 5.32 Å². The molecule has 118 valence electrons. The van der Waals surface area contributed by atoms with Crippen molar-refractivity contribution >= 4 is 18.3 Å². The fourth-order valence-corrected chi connectivity index (χ4v) is 2.81. The molecule has 1 aromatic rings. The summed E-state index contributed by atoms with van der Waals surface area (Å²) in [6.07, 6.45) is 2.27. The Balaban J connectivity index is 0.00000220. The van der Waals surface area contributed by atoms with Gasteiger partial charge in [-0.25, -0.2) is 0 Å². The van der Waals surface area contributed by atoms with Crippen LogP contribution in [-0.4, -0.2) is 55.5 Å². The van der Waals surface area contributed by atoms with Gasteiger partial charge < -0.3 is 10.2 Å². The first-order valence-electron chi connectivity index (χ1n) is 7.37. The summed E-state index contributed by atoms with van der Waals surface area (Å²) in [5.41, 5.74) is 1.34. The average Bonchev–Trinajstić information content (AvgIpc) is 2.48. The van der Waals surface area contributed by atoms with Crippen molar-refractivity contribution in [2.45, 2.75) is 25.4 Å². The molecular formula is C16H26ClN3O. The summed E-state index contributed by atoms with van der Waals surface area (Å²) in [5.74, 6) is 0.180. The van der Waals surface area contributed by atoms with E-state index in [1.54, 1.807) is 0 Å². The van der Waals surface area contributed by atoms with Gasteiger partial charge in [0.05, 0.1) is 6.54 Å². The Morgan fingerprint density at radius 3 is 2.76 bits per heavy atom. The second-order valence-corrected chi connectivity index (χ2v) is 5.55. The van der Waals surface area contributed by atoms with Gasteiger partial charge in [-0.1, -0.05) is 30.3 Å². The molecule has 0 radical (unpaired) electrons. The summed E-state index contributed by atoms with van der Waals surface area (Å²) in [7, 11) is 3.74. The maximum absolute atomic E-state index is 12.0. The molecule has 5 heteroatoms. The number of amides is 1. The largest absolute Gasteiger partial charge is 0.340 e. The molecule has 1 amide bonds. The summed E-state index contributed by atoms with van der Waals surface area (Å²) < 4.78 is 0. The number of carbonyl (C=O) groups excluding carboxylic acids is 1. The Morgan fingerprint density at radius 1 is 1.38 bits per heavy atom. The number of halogens is 1. The first-order valence-corrected chi connectivity index (χ1v) is 7.37. The van der Waals surface area contributed by atoms with Gasteiger partial charge in [-0.3, -0.25) is 9.69 Å². The Labute approximate surface area is 133 Å². The lowest BCUT2D eigenvalue weighted by molar-refractivity contribution is -0.132. The molecule has 1 atom stereocenters. The van der Waals surface area contributed by atoms with Crippen LogP contribution in [0.4, 0.5) is 0 Å². The highest BCUT2D eigenvalue weighted by Gasteiger charge is 2.25. The van der Waals surface area contributed by atoms with Gasteiger partial charge in [-0.15, -0.1) is 12.4 Å². The summed E-state index contributed by atoms with van der Waals surface area (Å²) >= 11 is 0. The van der Waals surface area contributed by atoms with Gasteiger partial charge in [0.15, 0.2) is 0 Å². The van der Waals surface area contributed by atoms with E-state index in [1.165, 1.54) is 5.56 Å². The Kier molecular flexibility index (Phi) is 7.72. The van der Waals surface area contributed by atoms with Gasteiger partial charge in [0, 0.05) is 26.2 Å². The number of rotatable bonds is 5. The lowest BCUT2D eigenvalue weighted by Gasteiger charge is -2.37. The Bertz CT molecular complexity index is 427. The standard InChI is InChI=1S/C16H25N3O.ClH/c1-17-11-16(20)18(2)15-9-6-10-19(13-15)12-14-7-4-3-5-8-14;/h3-5,7-8,15,17H,6,9-13H2,1-2H3;1H. The van der Waals surface area contributed by atoms with Gasteiger partial charge in [0.25, 0.3) is 0 Å². The van der Waals surface area contributed by atoms with Crippen molar-refractivity contribution in [1.29, 1.82) is 0 Å². The fourth-order valence-electron chi connectivity index (χ4n) is 2.81. The van der Waals surface area contributed by atoms with Crippen LogP contribution in [0.25, 0.3) is 0 Å². The zero-order valence-corrected chi connectivity index (χ0v) is 13.7. The van der Waals surface area contributed by atoms with Crippen molar-refractivity contribution < 1.29 is 4.79 Å². The Hall–Kier alpha value is -1.10. The molecule has 1 aliphatic rings. The van der Waals surface area contributed by atoms with Crippen LogP contribution in [0.15, 0.2) is 30.3 Å². The molecule has 0 saturated carbocycles. The number of hydrogen-bond donors (Lipinski definition) is 1. The molecule has 1 heterocycles. The van der Waals surface area contributed by atoms with Crippen LogP contribution in [0.3, 0.4) is 0 Å². The summed E-state index contributed by atoms with van der Waals surface area (Å²) in [6, 6.07) is 10.9. The third-order valence-corrected chi connectivity index (χ3v) is 4.00. The van der Waals surface area contributed by atoms with Crippen LogP contribution in [0.5, 0.6) is 0 Å². The van der Waals surface area contributed by atoms with Crippen molar-refractivity contribution in [3.8, 4) is 0 Å². The zero-order valence-electron chi connectivity index (χ0n) is 12.9. The topological polar surface area (TPSA) is 35.6 Å². The van der Waals surface area contributed by atoms with E-state index >= 15 is 0 Å². The van der Waals surface area contributed by atoms with E-state index in [1.807, 2.05) is 25.1 Å². The molecule has 21 heavy (non-hydrogen) atoms. The van der Waals surface area contributed by atoms with Crippen LogP contribution >= 0.6 is 12.4 Å². The minimum atomic E-state index is 0. The quantitative estimate of drug-likeness (QED) is 0.900. The number of carbonyl (C=O) groups is 1. The van der Waals surface area contributed by atoms with Crippen LogP contribution in [0.2, 0.25) is 0 Å². The molecule has 2 rings (SSSR count). The molecule has 4 nitrogen and oxygen atoms in total. The second-order valence-electron chi connectivity index (χ2n) is 5.55. The SMILES string of the molecule is CNCC(=O)N(C)C1CCCN(Cc2ccccc2)C1.Cl. The lowest BCUT2D eigenvalue weighted by Crippen LogP contribution is -2.49. The van der Waals surface area contributed by atoms with Gasteiger partial charge in [-0.2, -0.15) is 0 Å². The molecule has 1 saturated heterocycles. The molecule has 1 aliphatic heterocycles. The van der Waals surface area contributed by atoms with Crippen LogP contribution in [0.1, 0.15) is 18.4 Å². The predicted octanol–water partition coefficient (Wildman–Crippen LogP) is 1.75. The molecule has 1 unspecified atom stereocenters. The van der Waals surface area contributed by atoms with Crippen molar-refractivity contribution in [3.05, 3.63) is 35.9 Å². The lowest BCUT2D eigenvalue weighted by atomic mass is 10.0. The third-order valence-electron chi connectivity index (χ3n) is 4.00. The van der Waals surface area contributed by atoms with Crippen molar-refractivity contribution in [2.24, 2.45) is 0 Å². The molecule has 1 fully saturated rings. The number of nitrogens with one attached hydrogen (secondary N) is 1. The van der Waals surface area contributed by atoms with Crippen molar-refractivity contribution in [3.63, 3.8) is 0 Å². The van der Waals surface area contributed by atoms with E-state index in [2.05, 4.69) is 34.5 Å². The van der Waals surface area contributed by atoms with E-state index in [9.17, 15) is 4.79 Å². The zero-order chi connectivity index (χ0) is 14.4. The summed E-state index contributed by atoms with van der Waals surface area (Å²) in [5, 5.41) is 2.93. The average molecular weight is 312 g/mol. The maximum atomic E-state index is 12.0. The second kappa shape index (κ2) is 9.03. The number of nitrogens with zero attached hydrogens (tertiary/aromatic N) is 2. The van der Waals surface area contributed by atoms with E-state index in [4.69, 9.17) is 0 Å². The molecular weight excluding hydrogens is 286 g/mol. The molecule has 0 aliphatic carbocycles. The third kappa shape index (κ3) is 5.30. The van der Waals surface area contributed by atoms with Gasteiger partial charge in [0.1, 0.15) is 0 Å². The van der Waals surface area contributed by atoms with E-state index in [0.717, 1.165) is 32.5 Å². The summed E-state index contributed by atoms with van der Waals surface area (Å²) in [4.78, 5) is 16.3. The number of likely N-dealkylation sites (tertiary alicyclic amines) is 1. The highest BCUT2D eigenvalue weighted by atomic mass is 35.5. The molecule has 1 aromatic carbocycles. The normalized spacial score (nSPS) is 18.9. The predicted molar refractivity (Wildman–Crippen MR) is 88.7 cm³/mol. The first-order chi connectivity index (χ1) is 9.70. The maximum Gasteiger partial charge on any atom is 0.236 e. The van der Waals surface area contributed by atoms with Gasteiger partial charge >= 0.3 is 0 Å². The highest BCUT2D eigenvalue weighted by Crippen LogP contribution is 2.17. The molecule has 0 spiro atoms. The van der Waals surface area contributed by atoms with E-state index < -0.39 is 0 Å². The first kappa shape index (κ1) is 18.0. The monoisotopic (exact) mass is 311 g/mol. The van der Waals surface area contributed by atoms with Gasteiger partial charge in [0.2, 0.25) is 5.91 Å². The molecule has 0 aromatic heterocycles. The number of hydrogen-bond acceptors (Lipinski definition) is 3. The summed E-state index contributed by atoms with van der Waals surface area (Å²) in [6.45, 7) is 3.50. The van der Waals surface area contributed by atoms with Crippen LogP contribution in [-0.2, 0) is 11.3 Å². The molecule has 1 N–H and O–H groups in total. The van der Waals surface area contributed by atoms with Crippen molar-refractivity contribution in [1.82, 2.24) is 15.1 Å². The van der Waals surface area contributed by atoms with Crippen LogP contribution in [0, 0.1) is 0 Å². The number of likely N-dealkylation sites (N-methyl/N-ethyl adjacent to an activating group) is 2. The van der Waals surface area contributed by atoms with Gasteiger partial charge in [-0.05, 0) is 32.0 Å². The molecule has 0 bridgehead atoms. The van der Waals surface area contributed by atoms with Crippen molar-refractivity contribution in [2.75, 3.05) is 33.7 Å². The number of benzene rings is 1. The number of piperidine rings is 1. The minimum Gasteiger partial charge on any atom is -0.340 e. The van der Waals surface area contributed by atoms with E-state index in [0.29, 0.717) is 12.6 Å². The minimum absolute atomic E-state index is 0. The smallest absolute Gasteiger partial charge is 0.236 e.